The van der Waals surface area contributed by atoms with Crippen molar-refractivity contribution in [2.75, 3.05) is 31.1 Å². The molecule has 1 aromatic carbocycles. The van der Waals surface area contributed by atoms with Crippen LogP contribution < -0.4 is 10.6 Å². The van der Waals surface area contributed by atoms with E-state index in [0.29, 0.717) is 6.54 Å². The van der Waals surface area contributed by atoms with Crippen molar-refractivity contribution in [1.82, 2.24) is 0 Å². The van der Waals surface area contributed by atoms with Crippen molar-refractivity contribution in [3.63, 3.8) is 0 Å². The molecule has 2 N–H and O–H groups in total. The van der Waals surface area contributed by atoms with Crippen LogP contribution in [0.25, 0.3) is 0 Å². The van der Waals surface area contributed by atoms with Gasteiger partial charge < -0.3 is 15.4 Å². The fourth-order valence-corrected chi connectivity index (χ4v) is 2.40. The number of nitrogens with zero attached hydrogens (tertiary/aromatic N) is 1. The number of ether oxygens (including phenoxy) is 1. The lowest BCUT2D eigenvalue weighted by atomic mass is 10.1. The molecule has 1 aliphatic heterocycles. The molecule has 3 nitrogen and oxygen atoms in total. The van der Waals surface area contributed by atoms with Gasteiger partial charge in [0, 0.05) is 23.8 Å². The fourth-order valence-electron chi connectivity index (χ4n) is 2.24. The normalized spacial score (nSPS) is 20.6. The molecule has 1 heterocycles. The van der Waals surface area contributed by atoms with E-state index in [4.69, 9.17) is 22.1 Å². The van der Waals surface area contributed by atoms with Crippen LogP contribution in [0.5, 0.6) is 0 Å². The molecule has 0 bridgehead atoms. The number of halogens is 1. The topological polar surface area (TPSA) is 38.5 Å². The first kappa shape index (κ1) is 12.7. The van der Waals surface area contributed by atoms with Crippen LogP contribution in [0.15, 0.2) is 18.2 Å². The highest BCUT2D eigenvalue weighted by atomic mass is 35.5. The van der Waals surface area contributed by atoms with Crippen molar-refractivity contribution in [3.8, 4) is 0 Å². The Hall–Kier alpha value is -0.770. The van der Waals surface area contributed by atoms with Crippen LogP contribution in [-0.2, 0) is 11.2 Å². The molecule has 94 valence electrons. The number of morpholine rings is 1. The quantitative estimate of drug-likeness (QED) is 0.898. The molecule has 0 saturated carbocycles. The summed E-state index contributed by atoms with van der Waals surface area (Å²) in [5.74, 6) is 0. The predicted octanol–water partition coefficient (Wildman–Crippen LogP) is 2.07. The zero-order chi connectivity index (χ0) is 12.3. The van der Waals surface area contributed by atoms with Crippen molar-refractivity contribution in [2.45, 2.75) is 19.4 Å². The highest BCUT2D eigenvalue weighted by Gasteiger charge is 2.19. The van der Waals surface area contributed by atoms with Gasteiger partial charge in [-0.05, 0) is 37.6 Å². The zero-order valence-electron chi connectivity index (χ0n) is 10.2. The van der Waals surface area contributed by atoms with E-state index in [2.05, 4.69) is 17.9 Å². The SMILES string of the molecule is CC1CN(c2cc(Cl)ccc2CCN)CCO1. The molecule has 17 heavy (non-hydrogen) atoms. The average Bonchev–Trinajstić information content (AvgIpc) is 2.32. The van der Waals surface area contributed by atoms with Gasteiger partial charge in [0.25, 0.3) is 0 Å². The van der Waals surface area contributed by atoms with Gasteiger partial charge in [0.2, 0.25) is 0 Å². The molecule has 1 aromatic rings. The molecular weight excluding hydrogens is 236 g/mol. The Morgan fingerprint density at radius 1 is 1.53 bits per heavy atom. The molecule has 4 heteroatoms. The molecule has 1 unspecified atom stereocenters. The van der Waals surface area contributed by atoms with Crippen molar-refractivity contribution in [3.05, 3.63) is 28.8 Å². The Bertz CT molecular complexity index is 384. The van der Waals surface area contributed by atoms with E-state index < -0.39 is 0 Å². The van der Waals surface area contributed by atoms with Crippen molar-refractivity contribution < 1.29 is 4.74 Å². The van der Waals surface area contributed by atoms with Crippen LogP contribution in [0.3, 0.4) is 0 Å². The second-order valence-electron chi connectivity index (χ2n) is 4.44. The number of benzene rings is 1. The standard InChI is InChI=1S/C13H19ClN2O/c1-10-9-16(6-7-17-10)13-8-12(14)3-2-11(13)4-5-15/h2-3,8,10H,4-7,9,15H2,1H3. The van der Waals surface area contributed by atoms with Crippen molar-refractivity contribution in [1.29, 1.82) is 0 Å². The predicted molar refractivity (Wildman–Crippen MR) is 71.8 cm³/mol. The third kappa shape index (κ3) is 3.12. The lowest BCUT2D eigenvalue weighted by molar-refractivity contribution is 0.0532. The van der Waals surface area contributed by atoms with Gasteiger partial charge >= 0.3 is 0 Å². The first-order valence-corrected chi connectivity index (χ1v) is 6.43. The van der Waals surface area contributed by atoms with Crippen LogP contribution in [0.2, 0.25) is 5.02 Å². The van der Waals surface area contributed by atoms with Gasteiger partial charge in [-0.2, -0.15) is 0 Å². The van der Waals surface area contributed by atoms with E-state index in [-0.39, 0.29) is 6.10 Å². The zero-order valence-corrected chi connectivity index (χ0v) is 10.9. The minimum absolute atomic E-state index is 0.272. The number of nitrogens with two attached hydrogens (primary N) is 1. The fraction of sp³-hybridized carbons (Fsp3) is 0.538. The molecule has 0 spiro atoms. The number of hydrogen-bond donors (Lipinski definition) is 1. The van der Waals surface area contributed by atoms with E-state index in [0.717, 1.165) is 31.1 Å². The van der Waals surface area contributed by atoms with Gasteiger partial charge in [0.05, 0.1) is 12.7 Å². The molecule has 1 aliphatic rings. The Morgan fingerprint density at radius 3 is 3.06 bits per heavy atom. The molecule has 1 atom stereocenters. The number of anilines is 1. The second-order valence-corrected chi connectivity index (χ2v) is 4.88. The van der Waals surface area contributed by atoms with E-state index in [1.165, 1.54) is 11.3 Å². The molecule has 1 saturated heterocycles. The molecule has 2 rings (SSSR count). The largest absolute Gasteiger partial charge is 0.375 e. The van der Waals surface area contributed by atoms with Crippen LogP contribution in [0.1, 0.15) is 12.5 Å². The lowest BCUT2D eigenvalue weighted by Crippen LogP contribution is -2.41. The third-order valence-corrected chi connectivity index (χ3v) is 3.28. The maximum Gasteiger partial charge on any atom is 0.0722 e. The van der Waals surface area contributed by atoms with Crippen molar-refractivity contribution in [2.24, 2.45) is 5.73 Å². The smallest absolute Gasteiger partial charge is 0.0722 e. The average molecular weight is 255 g/mol. The first-order valence-electron chi connectivity index (χ1n) is 6.05. The van der Waals surface area contributed by atoms with E-state index in [9.17, 15) is 0 Å². The van der Waals surface area contributed by atoms with Crippen LogP contribution in [0, 0.1) is 0 Å². The maximum atomic E-state index is 6.08. The summed E-state index contributed by atoms with van der Waals surface area (Å²) in [6.45, 7) is 5.36. The van der Waals surface area contributed by atoms with Gasteiger partial charge in [0.1, 0.15) is 0 Å². The minimum atomic E-state index is 0.272. The van der Waals surface area contributed by atoms with E-state index in [1.807, 2.05) is 12.1 Å². The monoisotopic (exact) mass is 254 g/mol. The summed E-state index contributed by atoms with van der Waals surface area (Å²) in [4.78, 5) is 2.34. The molecular formula is C13H19ClN2O. The third-order valence-electron chi connectivity index (χ3n) is 3.04. The Kier molecular flexibility index (Phi) is 4.26. The molecule has 0 aromatic heterocycles. The molecule has 1 fully saturated rings. The number of rotatable bonds is 3. The van der Waals surface area contributed by atoms with Crippen LogP contribution in [0.4, 0.5) is 5.69 Å². The maximum absolute atomic E-state index is 6.08. The van der Waals surface area contributed by atoms with Crippen LogP contribution >= 0.6 is 11.6 Å². The van der Waals surface area contributed by atoms with Gasteiger partial charge in [-0.3, -0.25) is 0 Å². The minimum Gasteiger partial charge on any atom is -0.375 e. The van der Waals surface area contributed by atoms with Gasteiger partial charge in [-0.1, -0.05) is 17.7 Å². The molecule has 0 aliphatic carbocycles. The lowest BCUT2D eigenvalue weighted by Gasteiger charge is -2.34. The highest BCUT2D eigenvalue weighted by molar-refractivity contribution is 6.30. The first-order chi connectivity index (χ1) is 8.20. The van der Waals surface area contributed by atoms with Crippen LogP contribution in [-0.4, -0.2) is 32.3 Å². The Labute approximate surface area is 107 Å². The van der Waals surface area contributed by atoms with Gasteiger partial charge in [0.15, 0.2) is 0 Å². The summed E-state index contributed by atoms with van der Waals surface area (Å²) >= 11 is 6.08. The second kappa shape index (κ2) is 5.71. The summed E-state index contributed by atoms with van der Waals surface area (Å²) in [6, 6.07) is 6.04. The van der Waals surface area contributed by atoms with Gasteiger partial charge in [-0.25, -0.2) is 0 Å². The summed E-state index contributed by atoms with van der Waals surface area (Å²) < 4.78 is 5.56. The Morgan fingerprint density at radius 2 is 2.35 bits per heavy atom. The molecule has 0 radical (unpaired) electrons. The van der Waals surface area contributed by atoms with Gasteiger partial charge in [-0.15, -0.1) is 0 Å². The highest BCUT2D eigenvalue weighted by Crippen LogP contribution is 2.26. The molecule has 0 amide bonds. The summed E-state index contributed by atoms with van der Waals surface area (Å²) in [7, 11) is 0. The summed E-state index contributed by atoms with van der Waals surface area (Å²) in [5, 5.41) is 0.778. The summed E-state index contributed by atoms with van der Waals surface area (Å²) in [5.41, 5.74) is 8.12. The Balaban J connectivity index is 2.25. The van der Waals surface area contributed by atoms with Crippen molar-refractivity contribution >= 4 is 17.3 Å². The van der Waals surface area contributed by atoms with E-state index in [1.54, 1.807) is 0 Å². The van der Waals surface area contributed by atoms with E-state index >= 15 is 0 Å². The number of hydrogen-bond acceptors (Lipinski definition) is 3. The summed E-state index contributed by atoms with van der Waals surface area (Å²) in [6.07, 6.45) is 1.16.